The minimum atomic E-state index is -4.66. The molecular formula is C11H12F3N3O3. The zero-order valence-corrected chi connectivity index (χ0v) is 10.4. The number of H-pyrrole nitrogens is 1. The lowest BCUT2D eigenvalue weighted by atomic mass is 10.1. The summed E-state index contributed by atoms with van der Waals surface area (Å²) in [5.41, 5.74) is 4.26. The van der Waals surface area contributed by atoms with Crippen molar-refractivity contribution >= 4 is 17.6 Å². The number of primary amides is 1. The van der Waals surface area contributed by atoms with E-state index in [1.807, 2.05) is 0 Å². The SMILES string of the molecule is CC[C@@H](NC(=O)C(=O)c1cc[nH]c1C(N)=O)C(F)(F)F. The van der Waals surface area contributed by atoms with Crippen LogP contribution in [0.5, 0.6) is 0 Å². The van der Waals surface area contributed by atoms with Crippen LogP contribution < -0.4 is 11.1 Å². The first kappa shape index (κ1) is 15.7. The van der Waals surface area contributed by atoms with Crippen LogP contribution in [-0.2, 0) is 4.79 Å². The summed E-state index contributed by atoms with van der Waals surface area (Å²) >= 11 is 0. The lowest BCUT2D eigenvalue weighted by Gasteiger charge is -2.19. The molecule has 1 aromatic heterocycles. The van der Waals surface area contributed by atoms with Crippen molar-refractivity contribution < 1.29 is 27.6 Å². The molecule has 110 valence electrons. The largest absolute Gasteiger partial charge is 0.408 e. The van der Waals surface area contributed by atoms with Crippen molar-refractivity contribution in [3.63, 3.8) is 0 Å². The first-order valence-electron chi connectivity index (χ1n) is 5.57. The Morgan fingerprint density at radius 1 is 1.40 bits per heavy atom. The number of amides is 2. The molecule has 1 atom stereocenters. The van der Waals surface area contributed by atoms with Crippen LogP contribution in [0, 0.1) is 0 Å². The van der Waals surface area contributed by atoms with Crippen LogP contribution in [0.25, 0.3) is 0 Å². The molecule has 0 aliphatic rings. The third-order valence-electron chi connectivity index (χ3n) is 2.55. The summed E-state index contributed by atoms with van der Waals surface area (Å²) in [6.45, 7) is 1.22. The molecule has 0 saturated carbocycles. The Hall–Kier alpha value is -2.32. The highest BCUT2D eigenvalue weighted by Gasteiger charge is 2.40. The van der Waals surface area contributed by atoms with E-state index in [1.165, 1.54) is 13.1 Å². The molecule has 1 aromatic rings. The number of nitrogens with one attached hydrogen (secondary N) is 2. The molecule has 0 radical (unpaired) electrons. The summed E-state index contributed by atoms with van der Waals surface area (Å²) in [6.07, 6.45) is -3.89. The van der Waals surface area contributed by atoms with Gasteiger partial charge in [-0.05, 0) is 12.5 Å². The molecule has 6 nitrogen and oxygen atoms in total. The molecule has 2 amide bonds. The third kappa shape index (κ3) is 3.37. The molecule has 0 unspecified atom stereocenters. The lowest BCUT2D eigenvalue weighted by molar-refractivity contribution is -0.160. The van der Waals surface area contributed by atoms with Crippen molar-refractivity contribution in [2.24, 2.45) is 5.73 Å². The van der Waals surface area contributed by atoms with Gasteiger partial charge >= 0.3 is 6.18 Å². The second-order valence-corrected chi connectivity index (χ2v) is 3.94. The maximum absolute atomic E-state index is 12.5. The van der Waals surface area contributed by atoms with Crippen LogP contribution in [0.15, 0.2) is 12.3 Å². The van der Waals surface area contributed by atoms with E-state index in [0.29, 0.717) is 0 Å². The minimum absolute atomic E-state index is 0.329. The van der Waals surface area contributed by atoms with Crippen LogP contribution >= 0.6 is 0 Å². The van der Waals surface area contributed by atoms with Crippen LogP contribution in [0.2, 0.25) is 0 Å². The fourth-order valence-corrected chi connectivity index (χ4v) is 1.52. The number of carbonyl (C=O) groups is 3. The van der Waals surface area contributed by atoms with Gasteiger partial charge in [-0.3, -0.25) is 14.4 Å². The molecule has 1 heterocycles. The standard InChI is InChI=1S/C11H12F3N3O3/c1-2-6(11(12,13)14)17-10(20)8(18)5-3-4-16-7(5)9(15)19/h3-4,6,16H,2H2,1H3,(H2,15,19)(H,17,20)/t6-/m1/s1. The zero-order valence-electron chi connectivity index (χ0n) is 10.4. The average molecular weight is 291 g/mol. The predicted octanol–water partition coefficient (Wildman–Crippen LogP) is 0.753. The van der Waals surface area contributed by atoms with Gasteiger partial charge in [-0.25, -0.2) is 0 Å². The van der Waals surface area contributed by atoms with Crippen molar-refractivity contribution in [3.05, 3.63) is 23.5 Å². The number of hydrogen-bond donors (Lipinski definition) is 3. The van der Waals surface area contributed by atoms with Gasteiger partial charge in [-0.2, -0.15) is 13.2 Å². The first-order valence-corrected chi connectivity index (χ1v) is 5.57. The van der Waals surface area contributed by atoms with E-state index in [0.717, 1.165) is 6.07 Å². The number of aromatic nitrogens is 1. The fraction of sp³-hybridized carbons (Fsp3) is 0.364. The van der Waals surface area contributed by atoms with Crippen molar-refractivity contribution in [2.45, 2.75) is 25.6 Å². The van der Waals surface area contributed by atoms with E-state index >= 15 is 0 Å². The van der Waals surface area contributed by atoms with Crippen molar-refractivity contribution in [1.82, 2.24) is 10.3 Å². The molecule has 0 saturated heterocycles. The highest BCUT2D eigenvalue weighted by Crippen LogP contribution is 2.22. The van der Waals surface area contributed by atoms with Gasteiger partial charge in [0.25, 0.3) is 17.6 Å². The zero-order chi connectivity index (χ0) is 15.5. The molecule has 4 N–H and O–H groups in total. The molecule has 0 aliphatic heterocycles. The van der Waals surface area contributed by atoms with Gasteiger partial charge in [0.15, 0.2) is 0 Å². The van der Waals surface area contributed by atoms with E-state index < -0.39 is 36.2 Å². The molecule has 0 fully saturated rings. The maximum Gasteiger partial charge on any atom is 0.408 e. The summed E-state index contributed by atoms with van der Waals surface area (Å²) in [4.78, 5) is 36.5. The topological polar surface area (TPSA) is 105 Å². The van der Waals surface area contributed by atoms with Crippen molar-refractivity contribution in [3.8, 4) is 0 Å². The molecule has 0 aromatic carbocycles. The van der Waals surface area contributed by atoms with Crippen molar-refractivity contribution in [2.75, 3.05) is 0 Å². The number of Topliss-reactive ketones (excluding diaryl/α,β-unsaturated/α-hetero) is 1. The van der Waals surface area contributed by atoms with Gasteiger partial charge in [-0.15, -0.1) is 0 Å². The monoisotopic (exact) mass is 291 g/mol. The van der Waals surface area contributed by atoms with E-state index in [-0.39, 0.29) is 11.3 Å². The molecular weight excluding hydrogens is 279 g/mol. The maximum atomic E-state index is 12.5. The van der Waals surface area contributed by atoms with Crippen LogP contribution in [0.1, 0.15) is 34.2 Å². The van der Waals surface area contributed by atoms with Gasteiger partial charge in [0.05, 0.1) is 5.56 Å². The number of rotatable bonds is 5. The Morgan fingerprint density at radius 3 is 2.45 bits per heavy atom. The van der Waals surface area contributed by atoms with Crippen molar-refractivity contribution in [1.29, 1.82) is 0 Å². The summed E-state index contributed by atoms with van der Waals surface area (Å²) in [5.74, 6) is -3.70. The highest BCUT2D eigenvalue weighted by molar-refractivity contribution is 6.44. The summed E-state index contributed by atoms with van der Waals surface area (Å²) in [5, 5.41) is 1.58. The van der Waals surface area contributed by atoms with Gasteiger partial charge in [0.2, 0.25) is 0 Å². The van der Waals surface area contributed by atoms with Crippen LogP contribution in [0.4, 0.5) is 13.2 Å². The summed E-state index contributed by atoms with van der Waals surface area (Å²) < 4.78 is 37.5. The number of carbonyl (C=O) groups excluding carboxylic acids is 3. The molecule has 20 heavy (non-hydrogen) atoms. The number of ketones is 1. The van der Waals surface area contributed by atoms with Gasteiger partial charge in [-0.1, -0.05) is 6.92 Å². The first-order chi connectivity index (χ1) is 9.18. The Labute approximate surface area is 111 Å². The minimum Gasteiger partial charge on any atom is -0.364 e. The molecule has 9 heteroatoms. The summed E-state index contributed by atoms with van der Waals surface area (Å²) in [7, 11) is 0. The number of aromatic amines is 1. The molecule has 0 aliphatic carbocycles. The Balaban J connectivity index is 2.90. The highest BCUT2D eigenvalue weighted by atomic mass is 19.4. The number of hydrogen-bond acceptors (Lipinski definition) is 3. The number of halogens is 3. The molecule has 0 spiro atoms. The summed E-state index contributed by atoms with van der Waals surface area (Å²) in [6, 6.07) is -1.04. The Kier molecular flexibility index (Phi) is 4.53. The second kappa shape index (κ2) is 5.76. The number of alkyl halides is 3. The normalized spacial score (nSPS) is 12.8. The van der Waals surface area contributed by atoms with Crippen LogP contribution in [0.3, 0.4) is 0 Å². The number of nitrogens with two attached hydrogens (primary N) is 1. The second-order valence-electron chi connectivity index (χ2n) is 3.94. The van der Waals surface area contributed by atoms with E-state index in [1.54, 1.807) is 5.32 Å². The van der Waals surface area contributed by atoms with Crippen LogP contribution in [-0.4, -0.2) is 34.8 Å². The van der Waals surface area contributed by atoms with Gasteiger partial charge in [0, 0.05) is 6.20 Å². The Bertz CT molecular complexity index is 537. The quantitative estimate of drug-likeness (QED) is 0.550. The molecule has 1 rings (SSSR count). The Morgan fingerprint density at radius 2 is 2.00 bits per heavy atom. The fourth-order valence-electron chi connectivity index (χ4n) is 1.52. The van der Waals surface area contributed by atoms with E-state index in [9.17, 15) is 27.6 Å². The molecule has 0 bridgehead atoms. The predicted molar refractivity (Wildman–Crippen MR) is 61.9 cm³/mol. The smallest absolute Gasteiger partial charge is 0.364 e. The van der Waals surface area contributed by atoms with Gasteiger partial charge < -0.3 is 16.0 Å². The average Bonchev–Trinajstić information content (AvgIpc) is 2.82. The lowest BCUT2D eigenvalue weighted by Crippen LogP contribution is -2.47. The third-order valence-corrected chi connectivity index (χ3v) is 2.55. The van der Waals surface area contributed by atoms with E-state index in [2.05, 4.69) is 4.98 Å². The van der Waals surface area contributed by atoms with E-state index in [4.69, 9.17) is 5.73 Å². The van der Waals surface area contributed by atoms with Gasteiger partial charge in [0.1, 0.15) is 11.7 Å².